The third-order valence-corrected chi connectivity index (χ3v) is 3.79. The Morgan fingerprint density at radius 1 is 1.00 bits per heavy atom. The van der Waals surface area contributed by atoms with Crippen molar-refractivity contribution >= 4 is 20.4 Å². The van der Waals surface area contributed by atoms with E-state index in [0.29, 0.717) is 6.42 Å². The number of alkyl halides is 4. The smallest absolute Gasteiger partial charge is 0.400 e. The van der Waals surface area contributed by atoms with Crippen molar-refractivity contribution in [2.24, 2.45) is 0 Å². The van der Waals surface area contributed by atoms with Crippen molar-refractivity contribution in [2.45, 2.75) is 11.9 Å². The van der Waals surface area contributed by atoms with Crippen molar-refractivity contribution in [1.82, 2.24) is 0 Å². The Balaban J connectivity index is 0. The Labute approximate surface area is 136 Å². The Bertz CT molecular complexity index is 634. The molecule has 0 aromatic heterocycles. The number of nitrogens with zero attached hydrogens (tertiary/aromatic N) is 1. The molecule has 5 nitrogen and oxygen atoms in total. The van der Waals surface area contributed by atoms with E-state index in [2.05, 4.69) is 0 Å². The van der Waals surface area contributed by atoms with E-state index in [1.807, 2.05) is 30.3 Å². The molecule has 0 amide bonds. The van der Waals surface area contributed by atoms with Crippen molar-refractivity contribution < 1.29 is 57.1 Å². The second-order valence-electron chi connectivity index (χ2n) is 3.33. The molecule has 13 heteroatoms. The second-order valence-corrected chi connectivity index (χ2v) is 6.17. The van der Waals surface area contributed by atoms with Crippen LogP contribution in [0.4, 0.5) is 21.4 Å². The summed E-state index contributed by atoms with van der Waals surface area (Å²) in [5, 5.41) is 0. The van der Waals surface area contributed by atoms with Gasteiger partial charge in [-0.2, -0.15) is 13.2 Å². The van der Waals surface area contributed by atoms with Crippen LogP contribution < -0.4 is 18.9 Å². The molecule has 0 radical (unpaired) electrons. The van der Waals surface area contributed by atoms with Crippen LogP contribution in [0, 0.1) is 0 Å². The molecule has 0 N–H and O–H groups in total. The molecule has 0 heterocycles. The third kappa shape index (κ3) is 10.1. The van der Waals surface area contributed by atoms with Crippen LogP contribution >= 0.6 is 0 Å². The summed E-state index contributed by atoms with van der Waals surface area (Å²) in [5.41, 5.74) is -4.84. The third-order valence-electron chi connectivity index (χ3n) is 1.71. The van der Waals surface area contributed by atoms with Gasteiger partial charge in [0.1, 0.15) is 0 Å². The van der Waals surface area contributed by atoms with E-state index in [1.165, 1.54) is 0 Å². The Morgan fingerprint density at radius 2 is 1.45 bits per heavy atom. The van der Waals surface area contributed by atoms with Crippen molar-refractivity contribution in [3.05, 3.63) is 40.0 Å². The number of sulfonamides is 1. The molecular formula is C9H9F5LiNO4S2. The minimum atomic E-state index is -6.29. The maximum Gasteiger partial charge on any atom is 1.00 e. The van der Waals surface area contributed by atoms with Gasteiger partial charge in [-0.05, 0) is 5.56 Å². The van der Waals surface area contributed by atoms with Crippen LogP contribution in [0.25, 0.3) is 4.13 Å². The van der Waals surface area contributed by atoms with Gasteiger partial charge in [-0.25, -0.2) is 16.8 Å². The number of rotatable bonds is 4. The van der Waals surface area contributed by atoms with Gasteiger partial charge in [0.2, 0.25) is 10.4 Å². The largest absolute Gasteiger partial charge is 1.00 e. The molecule has 1 aromatic rings. The molecule has 0 spiro atoms. The minimum absolute atomic E-state index is 0. The van der Waals surface area contributed by atoms with Crippen LogP contribution in [0.2, 0.25) is 0 Å². The van der Waals surface area contributed by atoms with Gasteiger partial charge in [0.15, 0.2) is 10.0 Å². The first-order chi connectivity index (χ1) is 9.39. The molecule has 1 rings (SSSR count). The van der Waals surface area contributed by atoms with E-state index in [9.17, 15) is 38.3 Å². The van der Waals surface area contributed by atoms with Crippen LogP contribution in [0.15, 0.2) is 30.3 Å². The molecule has 1 aromatic carbocycles. The molecule has 0 unspecified atom stereocenters. The van der Waals surface area contributed by atoms with Crippen LogP contribution in [0.3, 0.4) is 0 Å². The summed E-state index contributed by atoms with van der Waals surface area (Å²) in [7, 11) is -12.3. The van der Waals surface area contributed by atoms with Gasteiger partial charge in [-0.1, -0.05) is 30.3 Å². The second kappa shape index (κ2) is 9.46. The first kappa shape index (κ1) is 23.6. The molecule has 0 aliphatic rings. The molecule has 0 bridgehead atoms. The summed E-state index contributed by atoms with van der Waals surface area (Å²) in [5.74, 6) is 0. The fourth-order valence-corrected chi connectivity index (χ4v) is 2.19. The average Bonchev–Trinajstić information content (AvgIpc) is 2.27. The first-order valence-corrected chi connectivity index (χ1v) is 7.77. The fourth-order valence-electron chi connectivity index (χ4n) is 0.913. The molecule has 122 valence electrons. The SMILES string of the molecule is FCCc1ccccc1.O=S(=O)(F)[N-]S(=O)(=O)C(F)(F)F.[Li+]. The Kier molecular flexibility index (Phi) is 10.1. The topological polar surface area (TPSA) is 82.4 Å². The summed E-state index contributed by atoms with van der Waals surface area (Å²) in [6.07, 6.45) is 0.542. The van der Waals surface area contributed by atoms with Crippen LogP contribution in [-0.4, -0.2) is 29.0 Å². The van der Waals surface area contributed by atoms with E-state index >= 15 is 0 Å². The zero-order valence-corrected chi connectivity index (χ0v) is 12.7. The molecule has 0 fully saturated rings. The molecule has 0 aliphatic carbocycles. The number of benzene rings is 1. The zero-order valence-electron chi connectivity index (χ0n) is 11.1. The van der Waals surface area contributed by atoms with Gasteiger partial charge < -0.3 is 4.13 Å². The van der Waals surface area contributed by atoms with E-state index in [0.717, 1.165) is 9.69 Å². The summed E-state index contributed by atoms with van der Waals surface area (Å²) < 4.78 is 96.0. The van der Waals surface area contributed by atoms with Crippen LogP contribution in [0.5, 0.6) is 0 Å². The van der Waals surface area contributed by atoms with Crippen LogP contribution in [0.1, 0.15) is 5.56 Å². The summed E-state index contributed by atoms with van der Waals surface area (Å²) >= 11 is 0. The van der Waals surface area contributed by atoms with E-state index in [1.54, 1.807) is 0 Å². The summed E-state index contributed by atoms with van der Waals surface area (Å²) in [6, 6.07) is 9.64. The van der Waals surface area contributed by atoms with Gasteiger partial charge in [0, 0.05) is 6.42 Å². The summed E-state index contributed by atoms with van der Waals surface area (Å²) in [4.78, 5) is 0. The number of hydrogen-bond donors (Lipinski definition) is 0. The molecule has 0 atom stereocenters. The minimum Gasteiger partial charge on any atom is -0.400 e. The molecule has 0 saturated carbocycles. The van der Waals surface area contributed by atoms with Gasteiger partial charge in [0.25, 0.3) is 0 Å². The molecule has 22 heavy (non-hydrogen) atoms. The Hall–Kier alpha value is -0.673. The molecule has 0 saturated heterocycles. The van der Waals surface area contributed by atoms with E-state index < -0.39 is 25.9 Å². The van der Waals surface area contributed by atoms with E-state index in [-0.39, 0.29) is 25.5 Å². The predicted molar refractivity (Wildman–Crippen MR) is 64.5 cm³/mol. The molecule has 0 aliphatic heterocycles. The Morgan fingerprint density at radius 3 is 1.73 bits per heavy atom. The quantitative estimate of drug-likeness (QED) is 0.416. The number of aryl methyl sites for hydroxylation is 1. The van der Waals surface area contributed by atoms with Gasteiger partial charge in [-0.3, -0.25) is 4.39 Å². The normalized spacial score (nSPS) is 11.9. The van der Waals surface area contributed by atoms with E-state index in [4.69, 9.17) is 0 Å². The average molecular weight is 361 g/mol. The monoisotopic (exact) mass is 361 g/mol. The number of halogens is 5. The number of hydrogen-bond acceptors (Lipinski definition) is 4. The standard InChI is InChI=1S/C8H9F.CF4NO4S2.Li/c9-7-6-8-4-2-1-3-5-8;2-1(3,4)11(7,8)6-12(5,9)10;/h1-5H,6-7H2;;/q;-1;+1. The maximum absolute atomic E-state index is 11.7. The van der Waals surface area contributed by atoms with Crippen molar-refractivity contribution in [3.63, 3.8) is 0 Å². The van der Waals surface area contributed by atoms with Crippen molar-refractivity contribution in [1.29, 1.82) is 0 Å². The fraction of sp³-hybridized carbons (Fsp3) is 0.333. The van der Waals surface area contributed by atoms with Crippen molar-refractivity contribution in [2.75, 3.05) is 6.67 Å². The predicted octanol–water partition coefficient (Wildman–Crippen LogP) is -0.373. The first-order valence-electron chi connectivity index (χ1n) is 4.99. The van der Waals surface area contributed by atoms with Gasteiger partial charge >= 0.3 is 24.4 Å². The van der Waals surface area contributed by atoms with Gasteiger partial charge in [-0.15, -0.1) is 3.89 Å². The van der Waals surface area contributed by atoms with Gasteiger partial charge in [0.05, 0.1) is 6.67 Å². The van der Waals surface area contributed by atoms with Crippen LogP contribution in [-0.2, 0) is 26.9 Å². The summed E-state index contributed by atoms with van der Waals surface area (Å²) in [6.45, 7) is -0.260. The zero-order chi connectivity index (χ0) is 16.7. The maximum atomic E-state index is 11.7. The van der Waals surface area contributed by atoms with Crippen molar-refractivity contribution in [3.8, 4) is 0 Å². The molecular weight excluding hydrogens is 352 g/mol.